The third-order valence-corrected chi connectivity index (χ3v) is 3.05. The van der Waals surface area contributed by atoms with E-state index in [0.717, 1.165) is 6.07 Å². The van der Waals surface area contributed by atoms with Gasteiger partial charge in [-0.1, -0.05) is 23.2 Å². The highest BCUT2D eigenvalue weighted by Crippen LogP contribution is 2.30. The van der Waals surface area contributed by atoms with E-state index in [9.17, 15) is 17.2 Å². The van der Waals surface area contributed by atoms with Gasteiger partial charge in [-0.3, -0.25) is 0 Å². The number of nitrogens with two attached hydrogens (primary N) is 1. The Morgan fingerprint density at radius 2 is 1.93 bits per heavy atom. The Bertz CT molecular complexity index is 492. The van der Waals surface area contributed by atoms with Crippen LogP contribution < -0.4 is 5.14 Å². The fraction of sp³-hybridized carbons (Fsp3) is 0.167. The topological polar surface area (TPSA) is 73.1 Å². The van der Waals surface area contributed by atoms with Crippen LogP contribution in [0.4, 0.5) is 8.78 Å². The van der Waals surface area contributed by atoms with E-state index in [4.69, 9.17) is 28.3 Å². The van der Waals surface area contributed by atoms with E-state index in [-0.39, 0.29) is 5.02 Å². The Morgan fingerprint density at radius 1 is 1.40 bits per heavy atom. The molecule has 1 aromatic rings. The van der Waals surface area contributed by atoms with Crippen molar-refractivity contribution in [1.82, 2.24) is 4.98 Å². The third-order valence-electron chi connectivity index (χ3n) is 1.44. The van der Waals surface area contributed by atoms with Gasteiger partial charge < -0.3 is 0 Å². The van der Waals surface area contributed by atoms with E-state index < -0.39 is 32.2 Å². The van der Waals surface area contributed by atoms with Crippen LogP contribution in [-0.4, -0.2) is 13.4 Å². The number of rotatable bonds is 2. The van der Waals surface area contributed by atoms with Crippen molar-refractivity contribution in [2.24, 2.45) is 5.14 Å². The first-order valence-corrected chi connectivity index (χ1v) is 5.70. The Hall–Kier alpha value is -0.500. The molecule has 1 heterocycles. The minimum atomic E-state index is -4.30. The molecule has 9 heteroatoms. The Kier molecular flexibility index (Phi) is 3.49. The number of halogens is 4. The van der Waals surface area contributed by atoms with E-state index in [1.807, 2.05) is 0 Å². The molecule has 0 atom stereocenters. The smallest absolute Gasteiger partial charge is 0.232 e. The number of hydrogen-bond acceptors (Lipinski definition) is 3. The summed E-state index contributed by atoms with van der Waals surface area (Å²) in [7, 11) is -4.30. The molecule has 84 valence electrons. The maximum atomic E-state index is 12.4. The zero-order valence-corrected chi connectivity index (χ0v) is 9.24. The van der Waals surface area contributed by atoms with Gasteiger partial charge in [-0.05, 0) is 6.07 Å². The lowest BCUT2D eigenvalue weighted by atomic mass is 10.3. The number of hydrogen-bond donors (Lipinski definition) is 1. The Balaban J connectivity index is 3.56. The van der Waals surface area contributed by atoms with E-state index in [2.05, 4.69) is 4.98 Å². The van der Waals surface area contributed by atoms with Gasteiger partial charge in [0.1, 0.15) is 15.7 Å². The molecule has 0 aliphatic heterocycles. The SMILES string of the molecule is NS(=O)(=O)c1cc(Cl)c(Cl)nc1C(F)F. The molecule has 0 radical (unpaired) electrons. The van der Waals surface area contributed by atoms with Crippen molar-refractivity contribution in [3.8, 4) is 0 Å². The van der Waals surface area contributed by atoms with E-state index >= 15 is 0 Å². The quantitative estimate of drug-likeness (QED) is 0.840. The summed E-state index contributed by atoms with van der Waals surface area (Å²) < 4.78 is 46.6. The molecule has 4 nitrogen and oxygen atoms in total. The molecule has 0 aromatic carbocycles. The fourth-order valence-electron chi connectivity index (χ4n) is 0.847. The molecule has 0 aliphatic rings. The summed E-state index contributed by atoms with van der Waals surface area (Å²) in [5.74, 6) is 0. The molecular weight excluding hydrogens is 273 g/mol. The number of primary sulfonamides is 1. The minimum absolute atomic E-state index is 0.259. The molecule has 0 unspecified atom stereocenters. The van der Waals surface area contributed by atoms with Gasteiger partial charge in [0.25, 0.3) is 6.43 Å². The molecule has 0 aliphatic carbocycles. The predicted molar refractivity (Wildman–Crippen MR) is 50.6 cm³/mol. The minimum Gasteiger partial charge on any atom is -0.232 e. The Labute approximate surface area is 94.1 Å². The fourth-order valence-corrected chi connectivity index (χ4v) is 1.92. The highest BCUT2D eigenvalue weighted by atomic mass is 35.5. The van der Waals surface area contributed by atoms with Crippen molar-refractivity contribution < 1.29 is 17.2 Å². The van der Waals surface area contributed by atoms with Gasteiger partial charge in [0, 0.05) is 0 Å². The monoisotopic (exact) mass is 276 g/mol. The molecule has 0 spiro atoms. The van der Waals surface area contributed by atoms with Gasteiger partial charge in [0.05, 0.1) is 5.02 Å². The first-order valence-electron chi connectivity index (χ1n) is 3.40. The second-order valence-electron chi connectivity index (χ2n) is 2.49. The maximum absolute atomic E-state index is 12.4. The molecule has 2 N–H and O–H groups in total. The van der Waals surface area contributed by atoms with Crippen molar-refractivity contribution in [2.45, 2.75) is 11.3 Å². The van der Waals surface area contributed by atoms with Crippen molar-refractivity contribution >= 4 is 33.2 Å². The average molecular weight is 277 g/mol. The van der Waals surface area contributed by atoms with Crippen LogP contribution in [0.15, 0.2) is 11.0 Å². The average Bonchev–Trinajstić information content (AvgIpc) is 2.06. The van der Waals surface area contributed by atoms with Crippen molar-refractivity contribution in [3.63, 3.8) is 0 Å². The van der Waals surface area contributed by atoms with Gasteiger partial charge in [0.2, 0.25) is 10.0 Å². The van der Waals surface area contributed by atoms with Gasteiger partial charge >= 0.3 is 0 Å². The van der Waals surface area contributed by atoms with Crippen LogP contribution in [0, 0.1) is 0 Å². The lowest BCUT2D eigenvalue weighted by molar-refractivity contribution is 0.142. The number of sulfonamides is 1. The lowest BCUT2D eigenvalue weighted by Gasteiger charge is -2.07. The van der Waals surface area contributed by atoms with E-state index in [0.29, 0.717) is 0 Å². The summed E-state index contributed by atoms with van der Waals surface area (Å²) >= 11 is 10.8. The van der Waals surface area contributed by atoms with Gasteiger partial charge in [-0.25, -0.2) is 27.3 Å². The molecule has 0 bridgehead atoms. The van der Waals surface area contributed by atoms with Gasteiger partial charge in [-0.15, -0.1) is 0 Å². The first kappa shape index (κ1) is 12.6. The summed E-state index contributed by atoms with van der Waals surface area (Å²) in [5.41, 5.74) is -1.01. The molecule has 0 amide bonds. The highest BCUT2D eigenvalue weighted by molar-refractivity contribution is 7.89. The normalized spacial score (nSPS) is 12.1. The molecule has 0 fully saturated rings. The van der Waals surface area contributed by atoms with Crippen molar-refractivity contribution in [1.29, 1.82) is 0 Å². The number of pyridine rings is 1. The largest absolute Gasteiger partial charge is 0.281 e. The molecule has 1 rings (SSSR count). The molecule has 0 saturated carbocycles. The third kappa shape index (κ3) is 2.75. The van der Waals surface area contributed by atoms with Crippen LogP contribution in [0.25, 0.3) is 0 Å². The second-order valence-corrected chi connectivity index (χ2v) is 4.79. The van der Waals surface area contributed by atoms with E-state index in [1.54, 1.807) is 0 Å². The number of alkyl halides is 2. The van der Waals surface area contributed by atoms with Gasteiger partial charge in [0.15, 0.2) is 0 Å². The summed E-state index contributed by atoms with van der Waals surface area (Å²) in [5, 5.41) is 4.05. The first-order chi connectivity index (χ1) is 6.73. The van der Waals surface area contributed by atoms with Crippen LogP contribution in [0.1, 0.15) is 12.1 Å². The zero-order chi connectivity index (χ0) is 11.8. The van der Waals surface area contributed by atoms with Crippen LogP contribution in [-0.2, 0) is 10.0 Å². The second kappa shape index (κ2) is 4.17. The number of aromatic nitrogens is 1. The van der Waals surface area contributed by atoms with Crippen LogP contribution in [0.5, 0.6) is 0 Å². The Morgan fingerprint density at radius 3 is 2.33 bits per heavy atom. The summed E-state index contributed by atoms with van der Waals surface area (Å²) in [4.78, 5) is 2.34. The highest BCUT2D eigenvalue weighted by Gasteiger charge is 2.24. The van der Waals surface area contributed by atoms with Gasteiger partial charge in [-0.2, -0.15) is 0 Å². The van der Waals surface area contributed by atoms with Crippen molar-refractivity contribution in [3.05, 3.63) is 21.9 Å². The maximum Gasteiger partial charge on any atom is 0.281 e. The zero-order valence-electron chi connectivity index (χ0n) is 6.92. The van der Waals surface area contributed by atoms with Crippen LogP contribution in [0.3, 0.4) is 0 Å². The summed E-state index contributed by atoms with van der Waals surface area (Å²) in [6.07, 6.45) is -3.10. The van der Waals surface area contributed by atoms with Crippen LogP contribution in [0.2, 0.25) is 10.2 Å². The molecule has 1 aromatic heterocycles. The number of nitrogens with zero attached hydrogens (tertiary/aromatic N) is 1. The predicted octanol–water partition coefficient (Wildman–Crippen LogP) is 1.97. The standard InChI is InChI=1S/C6H4Cl2F2N2O2S/c7-2-1-3(15(11,13)14)4(6(9)10)12-5(2)8/h1,6H,(H2,11,13,14). The summed E-state index contributed by atoms with van der Waals surface area (Å²) in [6, 6.07) is 0.744. The van der Waals surface area contributed by atoms with Crippen molar-refractivity contribution in [2.75, 3.05) is 0 Å². The molecule has 0 saturated heterocycles. The van der Waals surface area contributed by atoms with Crippen LogP contribution >= 0.6 is 23.2 Å². The molecule has 15 heavy (non-hydrogen) atoms. The summed E-state index contributed by atoms with van der Waals surface area (Å²) in [6.45, 7) is 0. The van der Waals surface area contributed by atoms with E-state index in [1.165, 1.54) is 0 Å². The molecular formula is C6H4Cl2F2N2O2S. The lowest BCUT2D eigenvalue weighted by Crippen LogP contribution is -2.16.